The maximum atomic E-state index is 4.23. The van der Waals surface area contributed by atoms with Crippen molar-refractivity contribution in [1.29, 1.82) is 0 Å². The molecule has 0 aromatic carbocycles. The van der Waals surface area contributed by atoms with Gasteiger partial charge >= 0.3 is 0 Å². The second-order valence-corrected chi connectivity index (χ2v) is 4.74. The van der Waals surface area contributed by atoms with Crippen LogP contribution in [0.5, 0.6) is 0 Å². The van der Waals surface area contributed by atoms with Gasteiger partial charge in [-0.3, -0.25) is 4.68 Å². The van der Waals surface area contributed by atoms with Crippen molar-refractivity contribution >= 4 is 15.9 Å². The first-order valence-electron chi connectivity index (χ1n) is 4.42. The van der Waals surface area contributed by atoms with E-state index in [1.54, 1.807) is 0 Å². The van der Waals surface area contributed by atoms with Crippen molar-refractivity contribution in [1.82, 2.24) is 9.78 Å². The van der Waals surface area contributed by atoms with E-state index in [9.17, 15) is 0 Å². The minimum absolute atomic E-state index is 0.867. The predicted molar refractivity (Wildman–Crippen MR) is 51.8 cm³/mol. The molecule has 12 heavy (non-hydrogen) atoms. The molecule has 0 saturated heterocycles. The van der Waals surface area contributed by atoms with E-state index in [4.69, 9.17) is 0 Å². The van der Waals surface area contributed by atoms with E-state index < -0.39 is 0 Å². The van der Waals surface area contributed by atoms with Gasteiger partial charge in [0.25, 0.3) is 0 Å². The molecule has 3 heteroatoms. The van der Waals surface area contributed by atoms with Gasteiger partial charge in [-0.25, -0.2) is 0 Å². The van der Waals surface area contributed by atoms with E-state index in [1.807, 2.05) is 17.1 Å². The zero-order valence-electron chi connectivity index (χ0n) is 7.20. The first kappa shape index (κ1) is 8.30. The quantitative estimate of drug-likeness (QED) is 0.762. The molecule has 0 amide bonds. The van der Waals surface area contributed by atoms with Crippen LogP contribution in [0.25, 0.3) is 0 Å². The minimum Gasteiger partial charge on any atom is -0.271 e. The van der Waals surface area contributed by atoms with Crippen LogP contribution in [0, 0.1) is 11.8 Å². The summed E-state index contributed by atoms with van der Waals surface area (Å²) in [6, 6.07) is 0. The molecule has 1 fully saturated rings. The Morgan fingerprint density at radius 3 is 2.92 bits per heavy atom. The summed E-state index contributed by atoms with van der Waals surface area (Å²) in [7, 11) is 0. The Morgan fingerprint density at radius 1 is 1.67 bits per heavy atom. The van der Waals surface area contributed by atoms with Crippen LogP contribution in [0.2, 0.25) is 0 Å². The molecule has 1 aromatic heterocycles. The predicted octanol–water partition coefficient (Wildman–Crippen LogP) is 2.69. The maximum absolute atomic E-state index is 4.23. The zero-order chi connectivity index (χ0) is 8.55. The molecule has 1 aliphatic carbocycles. The highest BCUT2D eigenvalue weighted by atomic mass is 79.9. The van der Waals surface area contributed by atoms with Gasteiger partial charge in [0.1, 0.15) is 0 Å². The molecule has 0 aliphatic heterocycles. The first-order chi connectivity index (χ1) is 5.74. The lowest BCUT2D eigenvalue weighted by molar-refractivity contribution is 0.182. The fourth-order valence-corrected chi connectivity index (χ4v) is 2.25. The molecular weight excluding hydrogens is 216 g/mol. The average Bonchev–Trinajstić information content (AvgIpc) is 2.33. The van der Waals surface area contributed by atoms with Crippen LogP contribution in [-0.4, -0.2) is 9.78 Å². The standard InChI is InChI=1S/C9H13BrN2/c1-7-2-8(3-7)5-12-6-9(10)4-11-12/h4,6-8H,2-3,5H2,1H3. The minimum atomic E-state index is 0.867. The van der Waals surface area contributed by atoms with Crippen molar-refractivity contribution in [3.8, 4) is 0 Å². The molecule has 0 spiro atoms. The summed E-state index contributed by atoms with van der Waals surface area (Å²) in [6.45, 7) is 3.41. The van der Waals surface area contributed by atoms with Crippen molar-refractivity contribution < 1.29 is 0 Å². The van der Waals surface area contributed by atoms with Gasteiger partial charge in [-0.1, -0.05) is 6.92 Å². The average molecular weight is 229 g/mol. The number of nitrogens with zero attached hydrogens (tertiary/aromatic N) is 2. The van der Waals surface area contributed by atoms with Crippen LogP contribution >= 0.6 is 15.9 Å². The Morgan fingerprint density at radius 2 is 2.42 bits per heavy atom. The van der Waals surface area contributed by atoms with Crippen LogP contribution in [0.4, 0.5) is 0 Å². The zero-order valence-corrected chi connectivity index (χ0v) is 8.79. The highest BCUT2D eigenvalue weighted by Crippen LogP contribution is 2.34. The number of rotatable bonds is 2. The van der Waals surface area contributed by atoms with Crippen molar-refractivity contribution in [2.75, 3.05) is 0 Å². The topological polar surface area (TPSA) is 17.8 Å². The van der Waals surface area contributed by atoms with Gasteiger partial charge in [0, 0.05) is 12.7 Å². The molecule has 2 rings (SSSR count). The van der Waals surface area contributed by atoms with Gasteiger partial charge in [0.05, 0.1) is 10.7 Å². The number of aromatic nitrogens is 2. The van der Waals surface area contributed by atoms with E-state index >= 15 is 0 Å². The van der Waals surface area contributed by atoms with Crippen molar-refractivity contribution in [3.63, 3.8) is 0 Å². The van der Waals surface area contributed by atoms with E-state index in [0.29, 0.717) is 0 Å². The Bertz CT molecular complexity index is 263. The fraction of sp³-hybridized carbons (Fsp3) is 0.667. The van der Waals surface area contributed by atoms with Gasteiger partial charge in [-0.05, 0) is 40.6 Å². The molecule has 2 nitrogen and oxygen atoms in total. The summed E-state index contributed by atoms with van der Waals surface area (Å²) >= 11 is 3.39. The Hall–Kier alpha value is -0.310. The summed E-state index contributed by atoms with van der Waals surface area (Å²) < 4.78 is 3.11. The molecule has 0 atom stereocenters. The molecule has 1 aliphatic rings. The molecule has 0 N–H and O–H groups in total. The second-order valence-electron chi connectivity index (χ2n) is 3.82. The van der Waals surface area contributed by atoms with Crippen molar-refractivity contribution in [2.45, 2.75) is 26.3 Å². The maximum Gasteiger partial charge on any atom is 0.0632 e. The van der Waals surface area contributed by atoms with Crippen LogP contribution in [0.15, 0.2) is 16.9 Å². The lowest BCUT2D eigenvalue weighted by Crippen LogP contribution is -2.25. The molecule has 1 aromatic rings. The molecule has 0 bridgehead atoms. The second kappa shape index (κ2) is 3.21. The summed E-state index contributed by atoms with van der Waals surface area (Å²) in [4.78, 5) is 0. The third kappa shape index (κ3) is 1.71. The molecular formula is C9H13BrN2. The number of hydrogen-bond donors (Lipinski definition) is 0. The van der Waals surface area contributed by atoms with Gasteiger partial charge in [0.2, 0.25) is 0 Å². The largest absolute Gasteiger partial charge is 0.271 e. The van der Waals surface area contributed by atoms with Crippen LogP contribution < -0.4 is 0 Å². The molecule has 0 unspecified atom stereocenters. The Kier molecular flexibility index (Phi) is 2.22. The van der Waals surface area contributed by atoms with Gasteiger partial charge < -0.3 is 0 Å². The molecule has 0 radical (unpaired) electrons. The molecule has 1 heterocycles. The lowest BCUT2D eigenvalue weighted by Gasteiger charge is -2.32. The van der Waals surface area contributed by atoms with Gasteiger partial charge in [-0.15, -0.1) is 0 Å². The molecule has 66 valence electrons. The van der Waals surface area contributed by atoms with Crippen molar-refractivity contribution in [3.05, 3.63) is 16.9 Å². The highest BCUT2D eigenvalue weighted by molar-refractivity contribution is 9.10. The summed E-state index contributed by atoms with van der Waals surface area (Å²) in [5, 5.41) is 4.23. The first-order valence-corrected chi connectivity index (χ1v) is 5.21. The van der Waals surface area contributed by atoms with Crippen LogP contribution in [0.3, 0.4) is 0 Å². The molecule has 1 saturated carbocycles. The third-order valence-electron chi connectivity index (χ3n) is 2.52. The summed E-state index contributed by atoms with van der Waals surface area (Å²) in [5.41, 5.74) is 0. The van der Waals surface area contributed by atoms with Crippen molar-refractivity contribution in [2.24, 2.45) is 11.8 Å². The normalized spacial score (nSPS) is 28.5. The van der Waals surface area contributed by atoms with Gasteiger partial charge in [0.15, 0.2) is 0 Å². The van der Waals surface area contributed by atoms with E-state index in [2.05, 4.69) is 28.0 Å². The summed E-state index contributed by atoms with van der Waals surface area (Å²) in [5.74, 6) is 1.81. The fourth-order valence-electron chi connectivity index (χ4n) is 1.92. The monoisotopic (exact) mass is 228 g/mol. The van der Waals surface area contributed by atoms with E-state index in [1.165, 1.54) is 12.8 Å². The Balaban J connectivity index is 1.88. The SMILES string of the molecule is CC1CC(Cn2cc(Br)cn2)C1. The van der Waals surface area contributed by atoms with E-state index in [0.717, 1.165) is 22.9 Å². The Labute approximate surface area is 81.1 Å². The smallest absolute Gasteiger partial charge is 0.0632 e. The summed E-state index contributed by atoms with van der Waals surface area (Å²) in [6.07, 6.45) is 6.64. The third-order valence-corrected chi connectivity index (χ3v) is 2.93. The van der Waals surface area contributed by atoms with E-state index in [-0.39, 0.29) is 0 Å². The van der Waals surface area contributed by atoms with Crippen LogP contribution in [0.1, 0.15) is 19.8 Å². The van der Waals surface area contributed by atoms with Gasteiger partial charge in [-0.2, -0.15) is 5.10 Å². The highest BCUT2D eigenvalue weighted by Gasteiger charge is 2.25. The number of halogens is 1. The number of hydrogen-bond acceptors (Lipinski definition) is 1. The lowest BCUT2D eigenvalue weighted by atomic mass is 9.76. The van der Waals surface area contributed by atoms with Crippen LogP contribution in [-0.2, 0) is 6.54 Å².